The maximum absolute atomic E-state index is 12.6. The lowest BCUT2D eigenvalue weighted by molar-refractivity contribution is 0.0420. The van der Waals surface area contributed by atoms with Crippen LogP contribution < -0.4 is 0 Å². The third-order valence-corrected chi connectivity index (χ3v) is 3.43. The fraction of sp³-hybridized carbons (Fsp3) is 0.667. The fourth-order valence-electron chi connectivity index (χ4n) is 2.76. The van der Waals surface area contributed by atoms with Crippen LogP contribution in [-0.4, -0.2) is 36.7 Å². The van der Waals surface area contributed by atoms with Crippen LogP contribution in [-0.2, 0) is 4.74 Å². The van der Waals surface area contributed by atoms with E-state index in [0.29, 0.717) is 26.2 Å². The van der Waals surface area contributed by atoms with Crippen LogP contribution in [0.2, 0.25) is 0 Å². The molecule has 2 nitrogen and oxygen atoms in total. The Bertz CT molecular complexity index is 336. The molecule has 0 aromatic rings. The molecular formula is C12H17F2NO. The van der Waals surface area contributed by atoms with Crippen molar-refractivity contribution in [3.63, 3.8) is 0 Å². The van der Waals surface area contributed by atoms with Gasteiger partial charge in [0.05, 0.1) is 12.1 Å². The minimum atomic E-state index is -1.52. The number of rotatable bonds is 3. The Morgan fingerprint density at radius 3 is 2.81 bits per heavy atom. The van der Waals surface area contributed by atoms with Gasteiger partial charge in [-0.3, -0.25) is 4.90 Å². The van der Waals surface area contributed by atoms with E-state index in [9.17, 15) is 8.78 Å². The van der Waals surface area contributed by atoms with Gasteiger partial charge in [-0.25, -0.2) is 0 Å². The second-order valence-electron chi connectivity index (χ2n) is 4.69. The highest BCUT2D eigenvalue weighted by Gasteiger charge is 2.48. The van der Waals surface area contributed by atoms with Gasteiger partial charge in [0.25, 0.3) is 6.08 Å². The summed E-state index contributed by atoms with van der Waals surface area (Å²) in [7, 11) is 0. The van der Waals surface area contributed by atoms with Gasteiger partial charge < -0.3 is 4.74 Å². The van der Waals surface area contributed by atoms with Crippen LogP contribution in [0.4, 0.5) is 8.78 Å². The number of fused-ring (bicyclic) bond motifs is 1. The van der Waals surface area contributed by atoms with Crippen molar-refractivity contribution in [1.29, 1.82) is 0 Å². The van der Waals surface area contributed by atoms with Gasteiger partial charge in [0.2, 0.25) is 0 Å². The van der Waals surface area contributed by atoms with E-state index in [1.54, 1.807) is 0 Å². The highest BCUT2D eigenvalue weighted by molar-refractivity contribution is 5.28. The van der Waals surface area contributed by atoms with Crippen molar-refractivity contribution in [1.82, 2.24) is 4.90 Å². The van der Waals surface area contributed by atoms with Gasteiger partial charge in [-0.15, -0.1) is 0 Å². The molecule has 0 spiro atoms. The van der Waals surface area contributed by atoms with Gasteiger partial charge in [0.15, 0.2) is 0 Å². The van der Waals surface area contributed by atoms with Gasteiger partial charge >= 0.3 is 0 Å². The van der Waals surface area contributed by atoms with Gasteiger partial charge in [-0.1, -0.05) is 12.2 Å². The molecule has 1 atom stereocenters. The summed E-state index contributed by atoms with van der Waals surface area (Å²) in [5.41, 5.74) is 1.15. The zero-order valence-electron chi connectivity index (χ0n) is 9.56. The van der Waals surface area contributed by atoms with Crippen molar-refractivity contribution in [3.8, 4) is 0 Å². The molecule has 0 aromatic heterocycles. The maximum atomic E-state index is 12.6. The third-order valence-electron chi connectivity index (χ3n) is 3.43. The molecule has 2 aliphatic rings. The molecule has 2 heterocycles. The lowest BCUT2D eigenvalue weighted by Gasteiger charge is -2.30. The predicted octanol–water partition coefficient (Wildman–Crippen LogP) is 2.58. The molecule has 0 amide bonds. The van der Waals surface area contributed by atoms with E-state index in [2.05, 4.69) is 11.5 Å². The Morgan fingerprint density at radius 1 is 1.44 bits per heavy atom. The number of hydrogen-bond donors (Lipinski definition) is 0. The molecule has 2 saturated heterocycles. The summed E-state index contributed by atoms with van der Waals surface area (Å²) in [6.07, 6.45) is -0.311. The molecule has 0 saturated carbocycles. The highest BCUT2D eigenvalue weighted by atomic mass is 19.3. The van der Waals surface area contributed by atoms with Crippen molar-refractivity contribution in [2.45, 2.75) is 25.3 Å². The largest absolute Gasteiger partial charge is 0.380 e. The molecule has 0 unspecified atom stereocenters. The summed E-state index contributed by atoms with van der Waals surface area (Å²) >= 11 is 0. The third kappa shape index (κ3) is 1.92. The van der Waals surface area contributed by atoms with Crippen molar-refractivity contribution >= 4 is 0 Å². The highest BCUT2D eigenvalue weighted by Crippen LogP contribution is 2.44. The first-order valence-electron chi connectivity index (χ1n) is 5.60. The summed E-state index contributed by atoms with van der Waals surface area (Å²) in [6, 6.07) is 0. The van der Waals surface area contributed by atoms with E-state index in [4.69, 9.17) is 4.74 Å². The average Bonchev–Trinajstić information content (AvgIpc) is 2.67. The Kier molecular flexibility index (Phi) is 3.13. The zero-order valence-corrected chi connectivity index (χ0v) is 9.56. The van der Waals surface area contributed by atoms with E-state index < -0.39 is 6.08 Å². The quantitative estimate of drug-likeness (QED) is 0.690. The molecular weight excluding hydrogens is 212 g/mol. The Hall–Kier alpha value is -0.740. The molecule has 0 bridgehead atoms. The van der Waals surface area contributed by atoms with E-state index in [1.807, 2.05) is 6.92 Å². The van der Waals surface area contributed by atoms with Crippen LogP contribution in [0.15, 0.2) is 23.8 Å². The molecule has 2 fully saturated rings. The van der Waals surface area contributed by atoms with Crippen molar-refractivity contribution in [2.75, 3.05) is 26.3 Å². The lowest BCUT2D eigenvalue weighted by atomic mass is 9.92. The number of hydrogen-bond acceptors (Lipinski definition) is 2. The van der Waals surface area contributed by atoms with Crippen LogP contribution >= 0.6 is 0 Å². The summed E-state index contributed by atoms with van der Waals surface area (Å²) in [5, 5.41) is 0. The Balaban J connectivity index is 2.18. The van der Waals surface area contributed by atoms with Crippen LogP contribution in [0.3, 0.4) is 0 Å². The molecule has 0 aromatic carbocycles. The van der Waals surface area contributed by atoms with Crippen LogP contribution in [0.5, 0.6) is 0 Å². The minimum absolute atomic E-state index is 0.244. The lowest BCUT2D eigenvalue weighted by Crippen LogP contribution is -2.42. The van der Waals surface area contributed by atoms with E-state index in [-0.39, 0.29) is 11.1 Å². The molecule has 2 aliphatic heterocycles. The Morgan fingerprint density at radius 2 is 2.19 bits per heavy atom. The smallest absolute Gasteiger partial charge is 0.270 e. The molecule has 90 valence electrons. The summed E-state index contributed by atoms with van der Waals surface area (Å²) in [5.74, 6) is 0. The SMILES string of the molecule is C=C1CN2CC(=C(F)F)C[C@]2(COCC)C1. The number of halogens is 2. The molecule has 4 heteroatoms. The fourth-order valence-corrected chi connectivity index (χ4v) is 2.76. The second-order valence-corrected chi connectivity index (χ2v) is 4.69. The van der Waals surface area contributed by atoms with Gasteiger partial charge in [0.1, 0.15) is 0 Å². The van der Waals surface area contributed by atoms with Crippen molar-refractivity contribution < 1.29 is 13.5 Å². The molecule has 0 aliphatic carbocycles. The van der Waals surface area contributed by atoms with Gasteiger partial charge in [0, 0.05) is 25.3 Å². The minimum Gasteiger partial charge on any atom is -0.380 e. The van der Waals surface area contributed by atoms with Gasteiger partial charge in [-0.05, 0) is 19.8 Å². The predicted molar refractivity (Wildman–Crippen MR) is 58.4 cm³/mol. The number of nitrogens with zero attached hydrogens (tertiary/aromatic N) is 1. The van der Waals surface area contributed by atoms with Crippen LogP contribution in [0.1, 0.15) is 19.8 Å². The van der Waals surface area contributed by atoms with E-state index in [1.165, 1.54) is 0 Å². The topological polar surface area (TPSA) is 12.5 Å². The molecule has 2 rings (SSSR count). The van der Waals surface area contributed by atoms with E-state index >= 15 is 0 Å². The normalized spacial score (nSPS) is 29.9. The zero-order chi connectivity index (χ0) is 11.8. The molecule has 16 heavy (non-hydrogen) atoms. The summed E-state index contributed by atoms with van der Waals surface area (Å²) in [4.78, 5) is 2.08. The van der Waals surface area contributed by atoms with Gasteiger partial charge in [-0.2, -0.15) is 8.78 Å². The Labute approximate surface area is 94.6 Å². The van der Waals surface area contributed by atoms with Crippen molar-refractivity contribution in [3.05, 3.63) is 23.8 Å². The van der Waals surface area contributed by atoms with Crippen LogP contribution in [0, 0.1) is 0 Å². The maximum Gasteiger partial charge on any atom is 0.270 e. The first-order chi connectivity index (χ1) is 7.57. The summed E-state index contributed by atoms with van der Waals surface area (Å²) in [6.45, 7) is 8.13. The monoisotopic (exact) mass is 229 g/mol. The second kappa shape index (κ2) is 4.26. The number of ether oxygens (including phenoxy) is 1. The molecule has 0 radical (unpaired) electrons. The summed E-state index contributed by atoms with van der Waals surface area (Å²) < 4.78 is 30.7. The van der Waals surface area contributed by atoms with E-state index in [0.717, 1.165) is 18.5 Å². The average molecular weight is 229 g/mol. The standard InChI is InChI=1S/C12H17F2NO/c1-3-16-8-12-4-9(2)6-15(12)7-10(5-12)11(13)14/h2-8H2,1H3/t12-/m0/s1. The molecule has 0 N–H and O–H groups in total. The first-order valence-corrected chi connectivity index (χ1v) is 5.60. The first kappa shape index (κ1) is 11.7. The van der Waals surface area contributed by atoms with Crippen molar-refractivity contribution in [2.24, 2.45) is 0 Å². The van der Waals surface area contributed by atoms with Crippen LogP contribution in [0.25, 0.3) is 0 Å².